The Labute approximate surface area is 159 Å². The monoisotopic (exact) mass is 395 g/mol. The number of benzene rings is 2. The van der Waals surface area contributed by atoms with Gasteiger partial charge in [-0.3, -0.25) is 4.79 Å². The van der Waals surface area contributed by atoms with Crippen LogP contribution in [0.3, 0.4) is 0 Å². The van der Waals surface area contributed by atoms with Crippen molar-refractivity contribution in [2.24, 2.45) is 0 Å². The molecule has 0 aliphatic heterocycles. The van der Waals surface area contributed by atoms with Gasteiger partial charge in [-0.1, -0.05) is 42.5 Å². The lowest BCUT2D eigenvalue weighted by Gasteiger charge is -2.18. The number of carbonyl (C=O) groups excluding carboxylic acids is 1. The summed E-state index contributed by atoms with van der Waals surface area (Å²) in [7, 11) is 0. The van der Waals surface area contributed by atoms with Gasteiger partial charge in [-0.15, -0.1) is 0 Å². The summed E-state index contributed by atoms with van der Waals surface area (Å²) in [5.74, 6) is -2.23. The van der Waals surface area contributed by atoms with E-state index in [2.05, 4.69) is 5.32 Å². The number of rotatable bonds is 8. The standard InChI is InChI=1S/C20H20F3NO4/c21-20(22,23)15-11-9-14(10-12-15)17(25)18(26)24-16(19(27)28)8-4-7-13-5-2-1-3-6-13/h1-3,5-6,9-12,16-17,25H,4,7-8H2,(H,24,26)(H,27,28)/t16-,17-/m0/s1. The van der Waals surface area contributed by atoms with E-state index >= 15 is 0 Å². The molecule has 0 spiro atoms. The molecular formula is C20H20F3NO4. The first-order valence-electron chi connectivity index (χ1n) is 8.61. The molecule has 2 aromatic rings. The SMILES string of the molecule is O=C(O)[C@H](CCCc1ccccc1)NC(=O)[C@@H](O)c1ccc(C(F)(F)F)cc1. The molecule has 0 saturated carbocycles. The molecule has 0 aliphatic carbocycles. The summed E-state index contributed by atoms with van der Waals surface area (Å²) in [6.45, 7) is 0. The van der Waals surface area contributed by atoms with Crippen LogP contribution in [0.2, 0.25) is 0 Å². The topological polar surface area (TPSA) is 86.6 Å². The highest BCUT2D eigenvalue weighted by Crippen LogP contribution is 2.30. The van der Waals surface area contributed by atoms with Gasteiger partial charge in [0.05, 0.1) is 5.56 Å². The summed E-state index contributed by atoms with van der Waals surface area (Å²) < 4.78 is 37.7. The first-order valence-corrected chi connectivity index (χ1v) is 8.61. The van der Waals surface area contributed by atoms with Crippen molar-refractivity contribution in [2.75, 3.05) is 0 Å². The molecule has 1 amide bonds. The van der Waals surface area contributed by atoms with Crippen LogP contribution in [-0.2, 0) is 22.2 Å². The van der Waals surface area contributed by atoms with Crippen LogP contribution >= 0.6 is 0 Å². The Morgan fingerprint density at radius 1 is 1.00 bits per heavy atom. The van der Waals surface area contributed by atoms with Crippen molar-refractivity contribution < 1.29 is 33.0 Å². The van der Waals surface area contributed by atoms with E-state index in [0.29, 0.717) is 12.8 Å². The molecule has 0 fully saturated rings. The third-order valence-corrected chi connectivity index (χ3v) is 4.22. The molecule has 0 aromatic heterocycles. The van der Waals surface area contributed by atoms with Gasteiger partial charge in [-0.25, -0.2) is 4.79 Å². The molecule has 2 rings (SSSR count). The zero-order valence-electron chi connectivity index (χ0n) is 14.8. The van der Waals surface area contributed by atoms with Gasteiger partial charge in [0.15, 0.2) is 6.10 Å². The largest absolute Gasteiger partial charge is 0.480 e. The van der Waals surface area contributed by atoms with E-state index in [1.807, 2.05) is 30.3 Å². The number of hydrogen-bond donors (Lipinski definition) is 3. The molecule has 3 N–H and O–H groups in total. The fourth-order valence-electron chi connectivity index (χ4n) is 2.67. The van der Waals surface area contributed by atoms with E-state index in [1.165, 1.54) is 0 Å². The Morgan fingerprint density at radius 3 is 2.14 bits per heavy atom. The Morgan fingerprint density at radius 2 is 1.61 bits per heavy atom. The van der Waals surface area contributed by atoms with E-state index in [9.17, 15) is 33.0 Å². The molecule has 2 aromatic carbocycles. The summed E-state index contributed by atoms with van der Waals surface area (Å²) >= 11 is 0. The molecule has 5 nitrogen and oxygen atoms in total. The Bertz CT molecular complexity index is 791. The highest BCUT2D eigenvalue weighted by atomic mass is 19.4. The number of carboxylic acid groups (broad SMARTS) is 1. The maximum atomic E-state index is 12.6. The molecule has 150 valence electrons. The number of aliphatic hydroxyl groups is 1. The fourth-order valence-corrected chi connectivity index (χ4v) is 2.67. The summed E-state index contributed by atoms with van der Waals surface area (Å²) in [5, 5.41) is 21.5. The van der Waals surface area contributed by atoms with Crippen molar-refractivity contribution in [1.29, 1.82) is 0 Å². The van der Waals surface area contributed by atoms with Crippen LogP contribution < -0.4 is 5.32 Å². The molecule has 28 heavy (non-hydrogen) atoms. The average molecular weight is 395 g/mol. The molecule has 0 unspecified atom stereocenters. The zero-order chi connectivity index (χ0) is 20.7. The number of aliphatic carboxylic acids is 1. The number of carboxylic acids is 1. The first-order chi connectivity index (χ1) is 13.2. The molecular weight excluding hydrogens is 375 g/mol. The lowest BCUT2D eigenvalue weighted by atomic mass is 10.0. The molecule has 8 heteroatoms. The van der Waals surface area contributed by atoms with Crippen molar-refractivity contribution in [3.63, 3.8) is 0 Å². The van der Waals surface area contributed by atoms with Crippen LogP contribution in [0.25, 0.3) is 0 Å². The Hall–Kier alpha value is -2.87. The third kappa shape index (κ3) is 6.09. The lowest BCUT2D eigenvalue weighted by molar-refractivity contribution is -0.143. The van der Waals surface area contributed by atoms with E-state index in [-0.39, 0.29) is 12.0 Å². The smallest absolute Gasteiger partial charge is 0.416 e. The molecule has 2 atom stereocenters. The van der Waals surface area contributed by atoms with Crippen molar-refractivity contribution in [3.05, 3.63) is 71.3 Å². The lowest BCUT2D eigenvalue weighted by Crippen LogP contribution is -2.43. The summed E-state index contributed by atoms with van der Waals surface area (Å²) in [6.07, 6.45) is -5.02. The van der Waals surface area contributed by atoms with Gasteiger partial charge >= 0.3 is 12.1 Å². The second-order valence-electron chi connectivity index (χ2n) is 6.30. The van der Waals surface area contributed by atoms with Crippen LogP contribution in [0.4, 0.5) is 13.2 Å². The van der Waals surface area contributed by atoms with Crippen LogP contribution in [0.15, 0.2) is 54.6 Å². The fraction of sp³-hybridized carbons (Fsp3) is 0.300. The second kappa shape index (κ2) is 9.36. The summed E-state index contributed by atoms with van der Waals surface area (Å²) in [4.78, 5) is 23.5. The predicted octanol–water partition coefficient (Wildman–Crippen LogP) is 3.33. The van der Waals surface area contributed by atoms with Gasteiger partial charge < -0.3 is 15.5 Å². The summed E-state index contributed by atoms with van der Waals surface area (Å²) in [5.41, 5.74) is 0.0647. The van der Waals surface area contributed by atoms with Gasteiger partial charge in [0, 0.05) is 0 Å². The second-order valence-corrected chi connectivity index (χ2v) is 6.30. The molecule has 0 radical (unpaired) electrons. The van der Waals surface area contributed by atoms with Crippen molar-refractivity contribution in [3.8, 4) is 0 Å². The maximum absolute atomic E-state index is 12.6. The number of nitrogens with one attached hydrogen (secondary N) is 1. The number of hydrogen-bond acceptors (Lipinski definition) is 3. The number of carbonyl (C=O) groups is 2. The average Bonchev–Trinajstić information content (AvgIpc) is 2.66. The minimum absolute atomic E-state index is 0.0566. The van der Waals surface area contributed by atoms with Crippen molar-refractivity contribution >= 4 is 11.9 Å². The van der Waals surface area contributed by atoms with Gasteiger partial charge in [0.1, 0.15) is 6.04 Å². The third-order valence-electron chi connectivity index (χ3n) is 4.22. The highest BCUT2D eigenvalue weighted by molar-refractivity contribution is 5.86. The Kier molecular flexibility index (Phi) is 7.17. The molecule has 0 aliphatic rings. The minimum atomic E-state index is -4.53. The van der Waals surface area contributed by atoms with Crippen molar-refractivity contribution in [1.82, 2.24) is 5.32 Å². The van der Waals surface area contributed by atoms with Gasteiger partial charge in [0.25, 0.3) is 5.91 Å². The van der Waals surface area contributed by atoms with Crippen molar-refractivity contribution in [2.45, 2.75) is 37.6 Å². The van der Waals surface area contributed by atoms with E-state index in [4.69, 9.17) is 0 Å². The van der Waals surface area contributed by atoms with Crippen LogP contribution in [0.5, 0.6) is 0 Å². The van der Waals surface area contributed by atoms with Gasteiger partial charge in [0.2, 0.25) is 0 Å². The predicted molar refractivity (Wildman–Crippen MR) is 95.4 cm³/mol. The number of aryl methyl sites for hydroxylation is 1. The number of alkyl halides is 3. The number of halogens is 3. The van der Waals surface area contributed by atoms with E-state index < -0.39 is 35.8 Å². The van der Waals surface area contributed by atoms with Crippen LogP contribution in [0, 0.1) is 0 Å². The maximum Gasteiger partial charge on any atom is 0.416 e. The van der Waals surface area contributed by atoms with Crippen LogP contribution in [-0.4, -0.2) is 28.1 Å². The molecule has 0 bridgehead atoms. The number of amides is 1. The van der Waals surface area contributed by atoms with E-state index in [0.717, 1.165) is 29.8 Å². The molecule has 0 saturated heterocycles. The zero-order valence-corrected chi connectivity index (χ0v) is 14.8. The normalized spacial score (nSPS) is 13.6. The van der Waals surface area contributed by atoms with Gasteiger partial charge in [-0.2, -0.15) is 13.2 Å². The first kappa shape index (κ1) is 21.4. The molecule has 0 heterocycles. The quantitative estimate of drug-likeness (QED) is 0.640. The van der Waals surface area contributed by atoms with Crippen LogP contribution in [0.1, 0.15) is 35.6 Å². The Balaban J connectivity index is 1.94. The highest BCUT2D eigenvalue weighted by Gasteiger charge is 2.31. The summed E-state index contributed by atoms with van der Waals surface area (Å²) in [6, 6.07) is 11.7. The number of aliphatic hydroxyl groups excluding tert-OH is 1. The van der Waals surface area contributed by atoms with Gasteiger partial charge in [-0.05, 0) is 42.5 Å². The minimum Gasteiger partial charge on any atom is -0.480 e. The van der Waals surface area contributed by atoms with E-state index in [1.54, 1.807) is 0 Å².